The zero-order valence-corrected chi connectivity index (χ0v) is 9.71. The van der Waals surface area contributed by atoms with Crippen molar-refractivity contribution in [3.05, 3.63) is 23.8 Å². The van der Waals surface area contributed by atoms with Crippen LogP contribution in [0.4, 0.5) is 13.2 Å². The molecule has 1 aromatic carbocycles. The van der Waals surface area contributed by atoms with E-state index in [1.54, 1.807) is 6.92 Å². The molecule has 1 aromatic rings. The number of esters is 1. The molecule has 0 aromatic heterocycles. The summed E-state index contributed by atoms with van der Waals surface area (Å²) in [6.07, 6.45) is -4.90. The van der Waals surface area contributed by atoms with Gasteiger partial charge in [0.2, 0.25) is 0 Å². The molecular weight excluding hydrogens is 253 g/mol. The van der Waals surface area contributed by atoms with Crippen molar-refractivity contribution >= 4 is 5.97 Å². The van der Waals surface area contributed by atoms with Gasteiger partial charge in [-0.15, -0.1) is 13.2 Å². The van der Waals surface area contributed by atoms with Crippen molar-refractivity contribution in [1.82, 2.24) is 0 Å². The molecule has 18 heavy (non-hydrogen) atoms. The molecule has 0 saturated heterocycles. The van der Waals surface area contributed by atoms with Crippen LogP contribution in [0.1, 0.15) is 17.3 Å². The Morgan fingerprint density at radius 3 is 2.39 bits per heavy atom. The minimum atomic E-state index is -4.90. The number of alkyl halides is 3. The third-order valence-electron chi connectivity index (χ3n) is 1.90. The summed E-state index contributed by atoms with van der Waals surface area (Å²) in [4.78, 5) is 11.5. The van der Waals surface area contributed by atoms with Gasteiger partial charge < -0.3 is 14.2 Å². The fraction of sp³-hybridized carbons (Fsp3) is 0.364. The maximum atomic E-state index is 12.2. The maximum Gasteiger partial charge on any atom is 0.573 e. The van der Waals surface area contributed by atoms with E-state index in [1.165, 1.54) is 12.1 Å². The van der Waals surface area contributed by atoms with Crippen LogP contribution in [0.2, 0.25) is 0 Å². The van der Waals surface area contributed by atoms with Gasteiger partial charge in [0.15, 0.2) is 0 Å². The minimum Gasteiger partial charge on any atom is -0.493 e. The molecule has 1 rings (SSSR count). The van der Waals surface area contributed by atoms with Crippen LogP contribution in [0.15, 0.2) is 18.2 Å². The standard InChI is InChI=1S/C11H11F3O4/c1-3-17-7-5-4-6-8(18-11(12,13)14)9(7)10(15)16-2/h4-6H,3H2,1-2H3. The molecule has 0 unspecified atom stereocenters. The second-order valence-electron chi connectivity index (χ2n) is 3.10. The van der Waals surface area contributed by atoms with Crippen LogP contribution in [0.3, 0.4) is 0 Å². The van der Waals surface area contributed by atoms with E-state index < -0.39 is 18.1 Å². The lowest BCUT2D eigenvalue weighted by Crippen LogP contribution is -2.19. The van der Waals surface area contributed by atoms with Crippen LogP contribution >= 0.6 is 0 Å². The molecule has 0 aliphatic rings. The fourth-order valence-electron chi connectivity index (χ4n) is 1.30. The van der Waals surface area contributed by atoms with Crippen molar-refractivity contribution in [2.24, 2.45) is 0 Å². The van der Waals surface area contributed by atoms with E-state index in [-0.39, 0.29) is 17.9 Å². The van der Waals surface area contributed by atoms with E-state index >= 15 is 0 Å². The maximum absolute atomic E-state index is 12.2. The summed E-state index contributed by atoms with van der Waals surface area (Å²) in [6.45, 7) is 1.83. The number of carbonyl (C=O) groups is 1. The molecule has 0 radical (unpaired) electrons. The second-order valence-corrected chi connectivity index (χ2v) is 3.10. The van der Waals surface area contributed by atoms with Gasteiger partial charge in [-0.3, -0.25) is 0 Å². The fourth-order valence-corrected chi connectivity index (χ4v) is 1.30. The van der Waals surface area contributed by atoms with Crippen LogP contribution in [0.25, 0.3) is 0 Å². The Hall–Kier alpha value is -1.92. The first kappa shape index (κ1) is 14.1. The lowest BCUT2D eigenvalue weighted by molar-refractivity contribution is -0.274. The van der Waals surface area contributed by atoms with Crippen LogP contribution in [0.5, 0.6) is 11.5 Å². The lowest BCUT2D eigenvalue weighted by atomic mass is 10.2. The Bertz CT molecular complexity index is 429. The third-order valence-corrected chi connectivity index (χ3v) is 1.90. The van der Waals surface area contributed by atoms with E-state index in [2.05, 4.69) is 9.47 Å². The van der Waals surface area contributed by atoms with Crippen molar-refractivity contribution in [2.75, 3.05) is 13.7 Å². The number of benzene rings is 1. The summed E-state index contributed by atoms with van der Waals surface area (Å²) >= 11 is 0. The van der Waals surface area contributed by atoms with Crippen LogP contribution < -0.4 is 9.47 Å². The summed E-state index contributed by atoms with van der Waals surface area (Å²) < 4.78 is 49.8. The molecule has 0 amide bonds. The molecule has 7 heteroatoms. The minimum absolute atomic E-state index is 0.0221. The Morgan fingerprint density at radius 1 is 1.28 bits per heavy atom. The molecule has 0 heterocycles. The highest BCUT2D eigenvalue weighted by atomic mass is 19.4. The Labute approximate surface area is 101 Å². The van der Waals surface area contributed by atoms with Gasteiger partial charge in [-0.25, -0.2) is 4.79 Å². The third kappa shape index (κ3) is 3.54. The number of hydrogen-bond acceptors (Lipinski definition) is 4. The van der Waals surface area contributed by atoms with Crippen molar-refractivity contribution in [2.45, 2.75) is 13.3 Å². The van der Waals surface area contributed by atoms with E-state index in [4.69, 9.17) is 4.74 Å². The molecule has 100 valence electrons. The predicted molar refractivity (Wildman–Crippen MR) is 55.6 cm³/mol. The number of rotatable bonds is 4. The summed E-state index contributed by atoms with van der Waals surface area (Å²) in [5.41, 5.74) is -0.390. The summed E-state index contributed by atoms with van der Waals surface area (Å²) in [7, 11) is 1.06. The zero-order valence-electron chi connectivity index (χ0n) is 9.71. The first-order chi connectivity index (χ1) is 8.39. The Balaban J connectivity index is 3.23. The Morgan fingerprint density at radius 2 is 1.89 bits per heavy atom. The lowest BCUT2D eigenvalue weighted by Gasteiger charge is -2.15. The van der Waals surface area contributed by atoms with Crippen molar-refractivity contribution < 1.29 is 32.2 Å². The largest absolute Gasteiger partial charge is 0.573 e. The van der Waals surface area contributed by atoms with Crippen molar-refractivity contribution in [3.63, 3.8) is 0 Å². The van der Waals surface area contributed by atoms with Gasteiger partial charge in [-0.1, -0.05) is 6.07 Å². The van der Waals surface area contributed by atoms with Gasteiger partial charge in [0.05, 0.1) is 13.7 Å². The monoisotopic (exact) mass is 264 g/mol. The van der Waals surface area contributed by atoms with Gasteiger partial charge >= 0.3 is 12.3 Å². The van der Waals surface area contributed by atoms with E-state index in [0.717, 1.165) is 13.2 Å². The molecule has 4 nitrogen and oxygen atoms in total. The van der Waals surface area contributed by atoms with E-state index in [1.807, 2.05) is 0 Å². The number of hydrogen-bond donors (Lipinski definition) is 0. The molecule has 0 spiro atoms. The van der Waals surface area contributed by atoms with Crippen LogP contribution in [0, 0.1) is 0 Å². The van der Waals surface area contributed by atoms with Gasteiger partial charge in [-0.05, 0) is 19.1 Å². The average Bonchev–Trinajstić information content (AvgIpc) is 2.27. The van der Waals surface area contributed by atoms with Gasteiger partial charge in [0.1, 0.15) is 17.1 Å². The number of carbonyl (C=O) groups excluding carboxylic acids is 1. The van der Waals surface area contributed by atoms with E-state index in [0.29, 0.717) is 0 Å². The summed E-state index contributed by atoms with van der Waals surface area (Å²) in [6, 6.07) is 3.67. The highest BCUT2D eigenvalue weighted by Gasteiger charge is 2.34. The number of ether oxygens (including phenoxy) is 3. The zero-order chi connectivity index (χ0) is 13.8. The average molecular weight is 264 g/mol. The topological polar surface area (TPSA) is 44.8 Å². The SMILES string of the molecule is CCOc1cccc(OC(F)(F)F)c1C(=O)OC. The molecule has 0 aliphatic carbocycles. The molecule has 0 saturated carbocycles. The van der Waals surface area contributed by atoms with Crippen LogP contribution in [-0.4, -0.2) is 26.0 Å². The van der Waals surface area contributed by atoms with Crippen molar-refractivity contribution in [3.8, 4) is 11.5 Å². The molecule has 0 fully saturated rings. The predicted octanol–water partition coefficient (Wildman–Crippen LogP) is 2.77. The highest BCUT2D eigenvalue weighted by molar-refractivity contribution is 5.95. The van der Waals surface area contributed by atoms with Gasteiger partial charge in [-0.2, -0.15) is 0 Å². The molecule has 0 atom stereocenters. The smallest absolute Gasteiger partial charge is 0.493 e. The van der Waals surface area contributed by atoms with Crippen LogP contribution in [-0.2, 0) is 4.74 Å². The van der Waals surface area contributed by atoms with Gasteiger partial charge in [0, 0.05) is 0 Å². The quantitative estimate of drug-likeness (QED) is 0.784. The first-order valence-electron chi connectivity index (χ1n) is 4.99. The summed E-state index contributed by atoms with van der Waals surface area (Å²) in [5.74, 6) is -1.63. The second kappa shape index (κ2) is 5.61. The first-order valence-corrected chi connectivity index (χ1v) is 4.99. The Kier molecular flexibility index (Phi) is 4.41. The number of methoxy groups -OCH3 is 1. The summed E-state index contributed by atoms with van der Waals surface area (Å²) in [5, 5.41) is 0. The molecule has 0 bridgehead atoms. The molecular formula is C11H11F3O4. The molecule has 0 aliphatic heterocycles. The van der Waals surface area contributed by atoms with Gasteiger partial charge in [0.25, 0.3) is 0 Å². The highest BCUT2D eigenvalue weighted by Crippen LogP contribution is 2.33. The number of halogens is 3. The van der Waals surface area contributed by atoms with E-state index in [9.17, 15) is 18.0 Å². The molecule has 0 N–H and O–H groups in total. The van der Waals surface area contributed by atoms with Crippen molar-refractivity contribution in [1.29, 1.82) is 0 Å². The normalized spacial score (nSPS) is 10.9.